The Bertz CT molecular complexity index is 860. The number of carbonyl (C=O) groups is 2. The van der Waals surface area contributed by atoms with Crippen LogP contribution in [0.2, 0.25) is 0 Å². The number of nitrogens with one attached hydrogen (secondary N) is 1. The second-order valence-corrected chi connectivity index (χ2v) is 6.27. The SMILES string of the molecule is CCOc1cc(/C=C/C(=O)OCC(=O)Nc2ccc(N(C)C)cc2)ccc1OC. The number of methoxy groups -OCH3 is 1. The molecule has 2 aromatic carbocycles. The minimum atomic E-state index is -0.614. The lowest BCUT2D eigenvalue weighted by atomic mass is 10.2. The highest BCUT2D eigenvalue weighted by molar-refractivity contribution is 5.94. The summed E-state index contributed by atoms with van der Waals surface area (Å²) in [4.78, 5) is 25.8. The van der Waals surface area contributed by atoms with Gasteiger partial charge in [-0.2, -0.15) is 0 Å². The van der Waals surface area contributed by atoms with Crippen LogP contribution in [0.5, 0.6) is 11.5 Å². The Kier molecular flexibility index (Phi) is 8.09. The molecule has 0 aliphatic rings. The Morgan fingerprint density at radius 2 is 1.79 bits per heavy atom. The fourth-order valence-electron chi connectivity index (χ4n) is 2.45. The maximum atomic E-state index is 11.9. The summed E-state index contributed by atoms with van der Waals surface area (Å²) in [6.45, 7) is 2.00. The molecule has 0 unspecified atom stereocenters. The van der Waals surface area contributed by atoms with Crippen LogP contribution in [0.4, 0.5) is 11.4 Å². The monoisotopic (exact) mass is 398 g/mol. The van der Waals surface area contributed by atoms with Gasteiger partial charge in [0.1, 0.15) is 0 Å². The van der Waals surface area contributed by atoms with Crippen LogP contribution in [-0.2, 0) is 14.3 Å². The molecule has 0 saturated carbocycles. The van der Waals surface area contributed by atoms with Gasteiger partial charge in [0.2, 0.25) is 0 Å². The maximum Gasteiger partial charge on any atom is 0.331 e. The molecule has 2 rings (SSSR count). The Morgan fingerprint density at radius 3 is 2.41 bits per heavy atom. The van der Waals surface area contributed by atoms with E-state index in [4.69, 9.17) is 14.2 Å². The van der Waals surface area contributed by atoms with Gasteiger partial charge in [-0.25, -0.2) is 4.79 Å². The second kappa shape index (κ2) is 10.8. The molecule has 0 bridgehead atoms. The number of ether oxygens (including phenoxy) is 3. The van der Waals surface area contributed by atoms with Gasteiger partial charge in [0.15, 0.2) is 18.1 Å². The van der Waals surface area contributed by atoms with Crippen molar-refractivity contribution in [2.75, 3.05) is 44.6 Å². The number of benzene rings is 2. The van der Waals surface area contributed by atoms with Crippen molar-refractivity contribution in [2.24, 2.45) is 0 Å². The third kappa shape index (κ3) is 6.88. The van der Waals surface area contributed by atoms with Crippen LogP contribution in [0.25, 0.3) is 6.08 Å². The zero-order valence-electron chi connectivity index (χ0n) is 17.1. The van der Waals surface area contributed by atoms with Gasteiger partial charge in [-0.3, -0.25) is 4.79 Å². The van der Waals surface area contributed by atoms with Crippen LogP contribution in [0.3, 0.4) is 0 Å². The van der Waals surface area contributed by atoms with Crippen LogP contribution in [0.1, 0.15) is 12.5 Å². The molecule has 0 aromatic heterocycles. The van der Waals surface area contributed by atoms with Crippen molar-refractivity contribution in [2.45, 2.75) is 6.92 Å². The average molecular weight is 398 g/mol. The Morgan fingerprint density at radius 1 is 1.07 bits per heavy atom. The van der Waals surface area contributed by atoms with E-state index in [1.807, 2.05) is 38.1 Å². The van der Waals surface area contributed by atoms with Gasteiger partial charge in [0, 0.05) is 31.5 Å². The molecule has 0 atom stereocenters. The lowest BCUT2D eigenvalue weighted by molar-refractivity contribution is -0.142. The molecule has 0 radical (unpaired) electrons. The number of esters is 1. The number of anilines is 2. The maximum absolute atomic E-state index is 11.9. The molecule has 0 aliphatic carbocycles. The largest absolute Gasteiger partial charge is 0.493 e. The third-order valence-electron chi connectivity index (χ3n) is 3.91. The number of hydrogen-bond acceptors (Lipinski definition) is 6. The molecule has 0 fully saturated rings. The average Bonchev–Trinajstić information content (AvgIpc) is 2.71. The van der Waals surface area contributed by atoms with Crippen molar-refractivity contribution in [3.63, 3.8) is 0 Å². The van der Waals surface area contributed by atoms with Gasteiger partial charge in [-0.1, -0.05) is 6.07 Å². The van der Waals surface area contributed by atoms with E-state index in [1.54, 1.807) is 43.5 Å². The molecule has 0 spiro atoms. The number of nitrogens with zero attached hydrogens (tertiary/aromatic N) is 1. The summed E-state index contributed by atoms with van der Waals surface area (Å²) in [5.41, 5.74) is 2.40. The van der Waals surface area contributed by atoms with Crippen molar-refractivity contribution in [3.05, 3.63) is 54.1 Å². The van der Waals surface area contributed by atoms with E-state index >= 15 is 0 Å². The molecule has 2 aromatic rings. The molecule has 0 saturated heterocycles. The Labute approximate surface area is 170 Å². The normalized spacial score (nSPS) is 10.5. The minimum absolute atomic E-state index is 0.370. The number of amides is 1. The molecule has 0 heterocycles. The van der Waals surface area contributed by atoms with Gasteiger partial charge in [-0.15, -0.1) is 0 Å². The van der Waals surface area contributed by atoms with Crippen molar-refractivity contribution in [1.29, 1.82) is 0 Å². The van der Waals surface area contributed by atoms with Crippen LogP contribution >= 0.6 is 0 Å². The predicted octanol–water partition coefficient (Wildman–Crippen LogP) is 3.36. The second-order valence-electron chi connectivity index (χ2n) is 6.27. The summed E-state index contributed by atoms with van der Waals surface area (Å²) in [6.07, 6.45) is 2.85. The van der Waals surface area contributed by atoms with Crippen molar-refractivity contribution in [3.8, 4) is 11.5 Å². The zero-order chi connectivity index (χ0) is 21.2. The summed E-state index contributed by atoms with van der Waals surface area (Å²) < 4.78 is 15.7. The molecule has 154 valence electrons. The van der Waals surface area contributed by atoms with Crippen LogP contribution in [-0.4, -0.2) is 46.3 Å². The first kappa shape index (κ1) is 21.8. The van der Waals surface area contributed by atoms with E-state index in [2.05, 4.69) is 5.32 Å². The quantitative estimate of drug-likeness (QED) is 0.516. The number of hydrogen-bond donors (Lipinski definition) is 1. The minimum Gasteiger partial charge on any atom is -0.493 e. The molecule has 1 N–H and O–H groups in total. The first-order valence-electron chi connectivity index (χ1n) is 9.15. The molecule has 0 aliphatic heterocycles. The highest BCUT2D eigenvalue weighted by Crippen LogP contribution is 2.28. The van der Waals surface area contributed by atoms with E-state index in [0.29, 0.717) is 23.8 Å². The van der Waals surface area contributed by atoms with Gasteiger partial charge < -0.3 is 24.4 Å². The van der Waals surface area contributed by atoms with E-state index in [-0.39, 0.29) is 6.61 Å². The Hall–Kier alpha value is -3.48. The Balaban J connectivity index is 1.85. The first-order valence-corrected chi connectivity index (χ1v) is 9.15. The highest BCUT2D eigenvalue weighted by atomic mass is 16.5. The summed E-state index contributed by atoms with van der Waals surface area (Å²) >= 11 is 0. The summed E-state index contributed by atoms with van der Waals surface area (Å²) in [5.74, 6) is 0.177. The van der Waals surface area contributed by atoms with Gasteiger partial charge >= 0.3 is 5.97 Å². The summed E-state index contributed by atoms with van der Waals surface area (Å²) in [5, 5.41) is 2.68. The van der Waals surface area contributed by atoms with Gasteiger partial charge in [0.25, 0.3) is 5.91 Å². The standard InChI is InChI=1S/C22H26N2O5/c1-5-28-20-14-16(6-12-19(20)27-4)7-13-22(26)29-15-21(25)23-17-8-10-18(11-9-17)24(2)3/h6-14H,5,15H2,1-4H3,(H,23,25)/b13-7+. The predicted molar refractivity (Wildman–Crippen MR) is 114 cm³/mol. The lowest BCUT2D eigenvalue weighted by Gasteiger charge is -2.13. The van der Waals surface area contributed by atoms with Crippen molar-refractivity contribution >= 4 is 29.3 Å². The van der Waals surface area contributed by atoms with Crippen molar-refractivity contribution < 1.29 is 23.8 Å². The molecule has 29 heavy (non-hydrogen) atoms. The fraction of sp³-hybridized carbons (Fsp3) is 0.273. The van der Waals surface area contributed by atoms with E-state index in [0.717, 1.165) is 11.3 Å². The molecule has 7 heteroatoms. The topological polar surface area (TPSA) is 77.1 Å². The smallest absolute Gasteiger partial charge is 0.331 e. The molecular weight excluding hydrogens is 372 g/mol. The third-order valence-corrected chi connectivity index (χ3v) is 3.91. The zero-order valence-corrected chi connectivity index (χ0v) is 17.1. The highest BCUT2D eigenvalue weighted by Gasteiger charge is 2.07. The van der Waals surface area contributed by atoms with E-state index < -0.39 is 11.9 Å². The summed E-state index contributed by atoms with van der Waals surface area (Å²) in [7, 11) is 5.43. The lowest BCUT2D eigenvalue weighted by Crippen LogP contribution is -2.20. The molecule has 1 amide bonds. The van der Waals surface area contributed by atoms with Crippen LogP contribution < -0.4 is 19.7 Å². The van der Waals surface area contributed by atoms with Crippen molar-refractivity contribution in [1.82, 2.24) is 0 Å². The first-order chi connectivity index (χ1) is 13.9. The molecular formula is C22H26N2O5. The fourth-order valence-corrected chi connectivity index (χ4v) is 2.45. The number of carbonyl (C=O) groups excluding carboxylic acids is 2. The number of rotatable bonds is 9. The van der Waals surface area contributed by atoms with E-state index in [9.17, 15) is 9.59 Å². The summed E-state index contributed by atoms with van der Waals surface area (Å²) in [6, 6.07) is 12.6. The van der Waals surface area contributed by atoms with Gasteiger partial charge in [0.05, 0.1) is 13.7 Å². The van der Waals surface area contributed by atoms with Gasteiger partial charge in [-0.05, 0) is 55.0 Å². The molecule has 7 nitrogen and oxygen atoms in total. The van der Waals surface area contributed by atoms with Crippen LogP contribution in [0, 0.1) is 0 Å². The van der Waals surface area contributed by atoms with Crippen LogP contribution in [0.15, 0.2) is 48.5 Å². The van der Waals surface area contributed by atoms with E-state index in [1.165, 1.54) is 6.08 Å².